The minimum absolute atomic E-state index is 0.431. The van der Waals surface area contributed by atoms with Crippen molar-refractivity contribution in [1.82, 2.24) is 20.2 Å². The Balaban J connectivity index is 1.70. The first kappa shape index (κ1) is 19.7. The second kappa shape index (κ2) is 9.23. The van der Waals surface area contributed by atoms with E-state index >= 15 is 0 Å². The Hall–Kier alpha value is -3.06. The van der Waals surface area contributed by atoms with Gasteiger partial charge in [0.25, 0.3) is 0 Å². The highest BCUT2D eigenvalue weighted by Gasteiger charge is 2.12. The number of ether oxygens (including phenoxy) is 2. The minimum Gasteiger partial charge on any atom is -0.493 e. The lowest BCUT2D eigenvalue weighted by Crippen LogP contribution is -2.09. The summed E-state index contributed by atoms with van der Waals surface area (Å²) in [5.74, 6) is 1.74. The predicted octanol–water partition coefficient (Wildman–Crippen LogP) is 4.02. The molecular weight excluding hydrogens is 378 g/mol. The molecule has 2 aromatic carbocycles. The zero-order valence-corrected chi connectivity index (χ0v) is 16.6. The van der Waals surface area contributed by atoms with E-state index < -0.39 is 0 Å². The molecule has 0 bridgehead atoms. The van der Waals surface area contributed by atoms with Crippen LogP contribution in [0.3, 0.4) is 0 Å². The normalized spacial score (nSPS) is 10.5. The van der Waals surface area contributed by atoms with Crippen LogP contribution < -0.4 is 14.8 Å². The number of nitrogens with zero attached hydrogens (tertiary/aromatic N) is 4. The molecule has 0 aliphatic carbocycles. The molecule has 1 N–H and O–H groups in total. The van der Waals surface area contributed by atoms with Gasteiger partial charge in [0, 0.05) is 17.6 Å². The van der Waals surface area contributed by atoms with Crippen LogP contribution in [0.2, 0.25) is 5.02 Å². The molecule has 1 heterocycles. The monoisotopic (exact) mass is 399 g/mol. The maximum Gasteiger partial charge on any atom is 0.243 e. The summed E-state index contributed by atoms with van der Waals surface area (Å²) in [7, 11) is 1.60. The van der Waals surface area contributed by atoms with Crippen molar-refractivity contribution in [3.05, 3.63) is 70.8 Å². The van der Waals surface area contributed by atoms with Gasteiger partial charge in [0.1, 0.15) is 6.61 Å². The Morgan fingerprint density at radius 3 is 2.71 bits per heavy atom. The molecular formula is C20H22ClN5O2. The summed E-state index contributed by atoms with van der Waals surface area (Å²) in [5.41, 5.74) is 3.12. The Morgan fingerprint density at radius 1 is 1.21 bits per heavy atom. The Kier molecular flexibility index (Phi) is 6.49. The van der Waals surface area contributed by atoms with E-state index in [0.29, 0.717) is 42.2 Å². The quantitative estimate of drug-likeness (QED) is 0.548. The Morgan fingerprint density at radius 2 is 2.00 bits per heavy atom. The largest absolute Gasteiger partial charge is 0.493 e. The average Bonchev–Trinajstić information content (AvgIpc) is 3.14. The summed E-state index contributed by atoms with van der Waals surface area (Å²) in [5, 5.41) is 15.2. The van der Waals surface area contributed by atoms with Gasteiger partial charge in [-0.3, -0.25) is 0 Å². The molecule has 3 aromatic rings. The first-order valence-corrected chi connectivity index (χ1v) is 9.14. The smallest absolute Gasteiger partial charge is 0.243 e. The lowest BCUT2D eigenvalue weighted by molar-refractivity contribution is 0.284. The van der Waals surface area contributed by atoms with E-state index in [-0.39, 0.29) is 0 Å². The van der Waals surface area contributed by atoms with Crippen molar-refractivity contribution < 1.29 is 9.47 Å². The van der Waals surface area contributed by atoms with Crippen molar-refractivity contribution in [2.24, 2.45) is 0 Å². The standard InChI is InChI=1S/C20H22ClN5O2/c1-4-9-26-20(23-24-25-26)22-12-16-10-18(27-3)19(11-17(16)21)28-13-15-7-5-14(2)6-8-15/h4-8,10-11H,1,9,12-13H2,2-3H3,(H,22,23,25). The van der Waals surface area contributed by atoms with E-state index in [2.05, 4.69) is 46.5 Å². The number of aryl methyl sites for hydroxylation is 1. The van der Waals surface area contributed by atoms with E-state index in [0.717, 1.165) is 11.1 Å². The minimum atomic E-state index is 0.431. The van der Waals surface area contributed by atoms with Crippen LogP contribution >= 0.6 is 11.6 Å². The summed E-state index contributed by atoms with van der Waals surface area (Å²) in [6, 6.07) is 11.8. The number of anilines is 1. The molecule has 0 unspecified atom stereocenters. The molecule has 0 aliphatic rings. The fraction of sp³-hybridized carbons (Fsp3) is 0.250. The number of rotatable bonds is 9. The van der Waals surface area contributed by atoms with Crippen molar-refractivity contribution in [2.75, 3.05) is 12.4 Å². The second-order valence-corrected chi connectivity index (χ2v) is 6.60. The fourth-order valence-corrected chi connectivity index (χ4v) is 2.80. The van der Waals surface area contributed by atoms with Crippen molar-refractivity contribution >= 4 is 17.5 Å². The van der Waals surface area contributed by atoms with Gasteiger partial charge in [0.15, 0.2) is 11.5 Å². The van der Waals surface area contributed by atoms with E-state index in [1.807, 2.05) is 18.2 Å². The summed E-state index contributed by atoms with van der Waals surface area (Å²) < 4.78 is 13.0. The van der Waals surface area contributed by atoms with E-state index in [1.165, 1.54) is 5.56 Å². The van der Waals surface area contributed by atoms with Crippen LogP contribution in [0.25, 0.3) is 0 Å². The van der Waals surface area contributed by atoms with Gasteiger partial charge < -0.3 is 14.8 Å². The van der Waals surface area contributed by atoms with E-state index in [9.17, 15) is 0 Å². The molecule has 0 atom stereocenters. The van der Waals surface area contributed by atoms with Gasteiger partial charge in [-0.25, -0.2) is 4.68 Å². The van der Waals surface area contributed by atoms with Gasteiger partial charge in [-0.05, 0) is 34.5 Å². The zero-order valence-electron chi connectivity index (χ0n) is 15.9. The fourth-order valence-electron chi connectivity index (χ4n) is 2.58. The number of hydrogen-bond donors (Lipinski definition) is 1. The van der Waals surface area contributed by atoms with Crippen LogP contribution in [0.15, 0.2) is 49.1 Å². The summed E-state index contributed by atoms with van der Waals surface area (Å²) in [6.07, 6.45) is 1.72. The molecule has 0 saturated carbocycles. The first-order chi connectivity index (χ1) is 13.6. The third-order valence-electron chi connectivity index (χ3n) is 4.12. The lowest BCUT2D eigenvalue weighted by Gasteiger charge is -2.14. The predicted molar refractivity (Wildman–Crippen MR) is 109 cm³/mol. The zero-order chi connectivity index (χ0) is 19.9. The molecule has 0 spiro atoms. The highest BCUT2D eigenvalue weighted by molar-refractivity contribution is 6.31. The molecule has 0 radical (unpaired) electrons. The first-order valence-electron chi connectivity index (χ1n) is 8.76. The highest BCUT2D eigenvalue weighted by atomic mass is 35.5. The molecule has 0 saturated heterocycles. The molecule has 146 valence electrons. The van der Waals surface area contributed by atoms with Crippen molar-refractivity contribution in [3.8, 4) is 11.5 Å². The SMILES string of the molecule is C=CCn1nnnc1NCc1cc(OC)c(OCc2ccc(C)cc2)cc1Cl. The van der Waals surface area contributed by atoms with Crippen LogP contribution in [0.1, 0.15) is 16.7 Å². The van der Waals surface area contributed by atoms with Gasteiger partial charge in [0.05, 0.1) is 13.7 Å². The van der Waals surface area contributed by atoms with Gasteiger partial charge >= 0.3 is 0 Å². The molecule has 8 heteroatoms. The molecule has 7 nitrogen and oxygen atoms in total. The van der Waals surface area contributed by atoms with Crippen LogP contribution in [0.5, 0.6) is 11.5 Å². The van der Waals surface area contributed by atoms with Crippen LogP contribution in [-0.4, -0.2) is 27.3 Å². The number of aromatic nitrogens is 4. The van der Waals surface area contributed by atoms with Gasteiger partial charge in [-0.1, -0.05) is 52.6 Å². The van der Waals surface area contributed by atoms with Crippen LogP contribution in [0.4, 0.5) is 5.95 Å². The second-order valence-electron chi connectivity index (χ2n) is 6.20. The van der Waals surface area contributed by atoms with Crippen LogP contribution in [-0.2, 0) is 19.7 Å². The molecule has 0 fully saturated rings. The molecule has 3 rings (SSSR count). The van der Waals surface area contributed by atoms with E-state index in [1.54, 1.807) is 23.9 Å². The Bertz CT molecular complexity index is 940. The van der Waals surface area contributed by atoms with Crippen molar-refractivity contribution in [1.29, 1.82) is 0 Å². The average molecular weight is 400 g/mol. The summed E-state index contributed by atoms with van der Waals surface area (Å²) in [6.45, 7) is 7.12. The third-order valence-corrected chi connectivity index (χ3v) is 4.47. The molecule has 0 aliphatic heterocycles. The summed E-state index contributed by atoms with van der Waals surface area (Å²) >= 11 is 6.45. The lowest BCUT2D eigenvalue weighted by atomic mass is 10.1. The third kappa shape index (κ3) is 4.80. The number of allylic oxidation sites excluding steroid dienone is 1. The number of methoxy groups -OCH3 is 1. The van der Waals surface area contributed by atoms with Gasteiger partial charge in [-0.2, -0.15) is 0 Å². The number of nitrogens with one attached hydrogen (secondary N) is 1. The molecule has 1 aromatic heterocycles. The van der Waals surface area contributed by atoms with Crippen molar-refractivity contribution in [3.63, 3.8) is 0 Å². The maximum atomic E-state index is 6.45. The van der Waals surface area contributed by atoms with E-state index in [4.69, 9.17) is 21.1 Å². The summed E-state index contributed by atoms with van der Waals surface area (Å²) in [4.78, 5) is 0. The van der Waals surface area contributed by atoms with Gasteiger partial charge in [-0.15, -0.1) is 6.58 Å². The van der Waals surface area contributed by atoms with Crippen LogP contribution in [0, 0.1) is 6.92 Å². The maximum absolute atomic E-state index is 6.45. The number of halogens is 1. The number of hydrogen-bond acceptors (Lipinski definition) is 6. The van der Waals surface area contributed by atoms with Gasteiger partial charge in [0.2, 0.25) is 5.95 Å². The highest BCUT2D eigenvalue weighted by Crippen LogP contribution is 2.34. The Labute approximate surface area is 168 Å². The number of tetrazole rings is 1. The molecule has 0 amide bonds. The van der Waals surface area contributed by atoms with Crippen molar-refractivity contribution in [2.45, 2.75) is 26.6 Å². The molecule has 28 heavy (non-hydrogen) atoms. The topological polar surface area (TPSA) is 74.1 Å². The number of benzene rings is 2.